The van der Waals surface area contributed by atoms with Gasteiger partial charge in [0.1, 0.15) is 17.1 Å². The van der Waals surface area contributed by atoms with Crippen LogP contribution in [0.4, 0.5) is 0 Å². The summed E-state index contributed by atoms with van der Waals surface area (Å²) in [7, 11) is 0. The van der Waals surface area contributed by atoms with Crippen LogP contribution in [0.5, 0.6) is 0 Å². The van der Waals surface area contributed by atoms with E-state index in [0.29, 0.717) is 24.4 Å². The van der Waals surface area contributed by atoms with Crippen molar-refractivity contribution < 1.29 is 13.9 Å². The molecule has 130 valence electrons. The standard InChI is InChI=1S/C23H20O3/c1-3-25-23(24)20-15(2)26-22-19(20)14-18(16-10-6-4-7-11-16)21(22)17-12-8-5-9-13-17/h4-13H,3,14H2,1-2H3. The van der Waals surface area contributed by atoms with Crippen LogP contribution in [0.15, 0.2) is 65.1 Å². The molecule has 26 heavy (non-hydrogen) atoms. The van der Waals surface area contributed by atoms with Crippen molar-refractivity contribution in [2.45, 2.75) is 20.3 Å². The van der Waals surface area contributed by atoms with Crippen LogP contribution in [0, 0.1) is 6.92 Å². The van der Waals surface area contributed by atoms with Crippen molar-refractivity contribution in [3.05, 3.63) is 94.4 Å². The quantitative estimate of drug-likeness (QED) is 0.605. The lowest BCUT2D eigenvalue weighted by atomic mass is 9.96. The third kappa shape index (κ3) is 2.66. The van der Waals surface area contributed by atoms with Gasteiger partial charge in [-0.3, -0.25) is 0 Å². The van der Waals surface area contributed by atoms with Crippen LogP contribution < -0.4 is 0 Å². The van der Waals surface area contributed by atoms with Crippen molar-refractivity contribution in [2.24, 2.45) is 0 Å². The van der Waals surface area contributed by atoms with Gasteiger partial charge in [-0.25, -0.2) is 4.79 Å². The van der Waals surface area contributed by atoms with E-state index in [1.54, 1.807) is 0 Å². The molecule has 0 unspecified atom stereocenters. The van der Waals surface area contributed by atoms with Gasteiger partial charge in [0.25, 0.3) is 0 Å². The fraction of sp³-hybridized carbons (Fsp3) is 0.174. The molecule has 3 heteroatoms. The highest BCUT2D eigenvalue weighted by Gasteiger charge is 2.34. The van der Waals surface area contributed by atoms with E-state index < -0.39 is 0 Å². The van der Waals surface area contributed by atoms with Crippen molar-refractivity contribution in [3.63, 3.8) is 0 Å². The van der Waals surface area contributed by atoms with Gasteiger partial charge in [0.15, 0.2) is 0 Å². The number of esters is 1. The lowest BCUT2D eigenvalue weighted by Crippen LogP contribution is -2.07. The number of ether oxygens (including phenoxy) is 1. The fourth-order valence-corrected chi connectivity index (χ4v) is 3.63. The number of fused-ring (bicyclic) bond motifs is 1. The Morgan fingerprint density at radius 1 is 1.00 bits per heavy atom. The Bertz CT molecular complexity index is 979. The van der Waals surface area contributed by atoms with E-state index in [2.05, 4.69) is 24.3 Å². The molecule has 0 saturated heterocycles. The van der Waals surface area contributed by atoms with Gasteiger partial charge in [-0.05, 0) is 30.5 Å². The average Bonchev–Trinajstić information content (AvgIpc) is 3.17. The van der Waals surface area contributed by atoms with Crippen LogP contribution in [0.1, 0.15) is 45.5 Å². The number of carbonyl (C=O) groups excluding carboxylic acids is 1. The zero-order chi connectivity index (χ0) is 18.1. The van der Waals surface area contributed by atoms with Gasteiger partial charge in [0.2, 0.25) is 0 Å². The smallest absolute Gasteiger partial charge is 0.342 e. The highest BCUT2D eigenvalue weighted by Crippen LogP contribution is 2.45. The molecule has 3 nitrogen and oxygen atoms in total. The Morgan fingerprint density at radius 2 is 1.62 bits per heavy atom. The van der Waals surface area contributed by atoms with Gasteiger partial charge in [-0.2, -0.15) is 0 Å². The first-order valence-electron chi connectivity index (χ1n) is 8.84. The van der Waals surface area contributed by atoms with Crippen LogP contribution in [0.25, 0.3) is 11.1 Å². The summed E-state index contributed by atoms with van der Waals surface area (Å²) >= 11 is 0. The van der Waals surface area contributed by atoms with Gasteiger partial charge < -0.3 is 9.15 Å². The molecular weight excluding hydrogens is 324 g/mol. The molecule has 1 aromatic heterocycles. The van der Waals surface area contributed by atoms with E-state index in [0.717, 1.165) is 28.0 Å². The Kier molecular flexibility index (Phi) is 4.21. The van der Waals surface area contributed by atoms with Gasteiger partial charge in [0.05, 0.1) is 6.61 Å². The second-order valence-electron chi connectivity index (χ2n) is 6.32. The normalized spacial score (nSPS) is 13.0. The van der Waals surface area contributed by atoms with Gasteiger partial charge in [-0.1, -0.05) is 60.7 Å². The molecule has 0 fully saturated rings. The molecule has 0 aliphatic heterocycles. The number of allylic oxidation sites excluding steroid dienone is 1. The number of carbonyl (C=O) groups is 1. The Balaban J connectivity index is 1.92. The topological polar surface area (TPSA) is 39.4 Å². The molecule has 1 heterocycles. The summed E-state index contributed by atoms with van der Waals surface area (Å²) in [4.78, 5) is 12.5. The van der Waals surface area contributed by atoms with Gasteiger partial charge >= 0.3 is 5.97 Å². The Morgan fingerprint density at radius 3 is 2.23 bits per heavy atom. The summed E-state index contributed by atoms with van der Waals surface area (Å²) < 4.78 is 11.3. The van der Waals surface area contributed by atoms with Crippen molar-refractivity contribution in [2.75, 3.05) is 6.61 Å². The molecule has 0 spiro atoms. The first-order valence-corrected chi connectivity index (χ1v) is 8.84. The van der Waals surface area contributed by atoms with E-state index >= 15 is 0 Å². The van der Waals surface area contributed by atoms with Gasteiger partial charge in [-0.15, -0.1) is 0 Å². The zero-order valence-corrected chi connectivity index (χ0v) is 14.9. The van der Waals surface area contributed by atoms with Crippen LogP contribution in [-0.2, 0) is 11.2 Å². The molecule has 4 rings (SSSR count). The lowest BCUT2D eigenvalue weighted by molar-refractivity contribution is 0.0523. The minimum absolute atomic E-state index is 0.309. The number of hydrogen-bond acceptors (Lipinski definition) is 3. The summed E-state index contributed by atoms with van der Waals surface area (Å²) in [5, 5.41) is 0. The van der Waals surface area contributed by atoms with Crippen LogP contribution >= 0.6 is 0 Å². The molecule has 0 saturated carbocycles. The van der Waals surface area contributed by atoms with E-state index in [1.165, 1.54) is 5.57 Å². The van der Waals surface area contributed by atoms with E-state index in [4.69, 9.17) is 9.15 Å². The molecule has 1 aliphatic rings. The second-order valence-corrected chi connectivity index (χ2v) is 6.32. The number of hydrogen-bond donors (Lipinski definition) is 0. The summed E-state index contributed by atoms with van der Waals surface area (Å²) in [6.07, 6.45) is 0.662. The van der Waals surface area contributed by atoms with Crippen LogP contribution in [-0.4, -0.2) is 12.6 Å². The molecular formula is C23H20O3. The monoisotopic (exact) mass is 344 g/mol. The predicted molar refractivity (Wildman–Crippen MR) is 102 cm³/mol. The zero-order valence-electron chi connectivity index (χ0n) is 14.9. The number of rotatable bonds is 4. The van der Waals surface area contributed by atoms with Gasteiger partial charge in [0, 0.05) is 17.6 Å². The minimum Gasteiger partial charge on any atom is -0.462 e. The molecule has 2 aromatic carbocycles. The molecule has 0 bridgehead atoms. The number of aryl methyl sites for hydroxylation is 1. The summed E-state index contributed by atoms with van der Waals surface area (Å²) in [5.41, 5.74) is 5.97. The molecule has 0 atom stereocenters. The third-order valence-corrected chi connectivity index (χ3v) is 4.73. The van der Waals surface area contributed by atoms with E-state index in [9.17, 15) is 4.79 Å². The van der Waals surface area contributed by atoms with Crippen molar-refractivity contribution >= 4 is 17.1 Å². The first kappa shape index (κ1) is 16.4. The maximum absolute atomic E-state index is 12.5. The maximum atomic E-state index is 12.5. The highest BCUT2D eigenvalue weighted by atomic mass is 16.5. The maximum Gasteiger partial charge on any atom is 0.342 e. The average molecular weight is 344 g/mol. The molecule has 0 N–H and O–H groups in total. The summed E-state index contributed by atoms with van der Waals surface area (Å²) in [6.45, 7) is 3.99. The Labute approximate surface area is 152 Å². The van der Waals surface area contributed by atoms with Crippen molar-refractivity contribution in [3.8, 4) is 0 Å². The SMILES string of the molecule is CCOC(=O)c1c(C)oc2c1CC(c1ccccc1)=C2c1ccccc1. The molecule has 0 amide bonds. The number of benzene rings is 2. The van der Waals surface area contributed by atoms with Crippen LogP contribution in [0.2, 0.25) is 0 Å². The third-order valence-electron chi connectivity index (χ3n) is 4.73. The predicted octanol–water partition coefficient (Wildman–Crippen LogP) is 5.28. The van der Waals surface area contributed by atoms with E-state index in [-0.39, 0.29) is 5.97 Å². The molecule has 1 aliphatic carbocycles. The largest absolute Gasteiger partial charge is 0.462 e. The lowest BCUT2D eigenvalue weighted by Gasteiger charge is -2.09. The summed E-state index contributed by atoms with van der Waals surface area (Å²) in [6, 6.07) is 20.5. The van der Waals surface area contributed by atoms with E-state index in [1.807, 2.05) is 50.2 Å². The summed E-state index contributed by atoms with van der Waals surface area (Å²) in [5.74, 6) is 1.10. The van der Waals surface area contributed by atoms with Crippen LogP contribution in [0.3, 0.4) is 0 Å². The fourth-order valence-electron chi connectivity index (χ4n) is 3.63. The molecule has 3 aromatic rings. The highest BCUT2D eigenvalue weighted by molar-refractivity contribution is 6.06. The second kappa shape index (κ2) is 6.68. The first-order chi connectivity index (χ1) is 12.7. The molecule has 0 radical (unpaired) electrons. The Hall–Kier alpha value is -3.07. The van der Waals surface area contributed by atoms with Crippen molar-refractivity contribution in [1.82, 2.24) is 0 Å². The minimum atomic E-state index is -0.309. The van der Waals surface area contributed by atoms with Crippen molar-refractivity contribution in [1.29, 1.82) is 0 Å². The number of furan rings is 1.